The third-order valence-electron chi connectivity index (χ3n) is 5.75. The van der Waals surface area contributed by atoms with Crippen molar-refractivity contribution >= 4 is 45.0 Å². The molecule has 0 unspecified atom stereocenters. The number of hydrogen-bond acceptors (Lipinski definition) is 3. The molecular weight excluding hydrogens is 453 g/mol. The number of rotatable bonds is 7. The Morgan fingerprint density at radius 2 is 1.70 bits per heavy atom. The number of hydrogen-bond donors (Lipinski definition) is 0. The van der Waals surface area contributed by atoms with Gasteiger partial charge in [0.1, 0.15) is 0 Å². The van der Waals surface area contributed by atoms with Crippen molar-refractivity contribution in [1.82, 2.24) is 14.8 Å². The number of para-hydroxylation sites is 1. The minimum atomic E-state index is 0.503. The molecule has 0 saturated heterocycles. The first kappa shape index (κ1) is 21.7. The lowest BCUT2D eigenvalue weighted by molar-refractivity contribution is 0.294. The average molecular weight is 476 g/mol. The molecule has 0 bridgehead atoms. The number of benzene rings is 3. The average Bonchev–Trinajstić information content (AvgIpc) is 3.19. The van der Waals surface area contributed by atoms with E-state index in [0.29, 0.717) is 22.5 Å². The highest BCUT2D eigenvalue weighted by molar-refractivity contribution is 6.42. The van der Waals surface area contributed by atoms with E-state index in [1.54, 1.807) is 12.1 Å². The Morgan fingerprint density at radius 1 is 0.848 bits per heavy atom. The van der Waals surface area contributed by atoms with E-state index >= 15 is 0 Å². The largest absolute Gasteiger partial charge is 0.477 e. The first-order chi connectivity index (χ1) is 16.1. The van der Waals surface area contributed by atoms with E-state index in [4.69, 9.17) is 32.9 Å². The van der Waals surface area contributed by atoms with Gasteiger partial charge in [0, 0.05) is 22.5 Å². The highest BCUT2D eigenvalue weighted by Gasteiger charge is 2.09. The fraction of sp³-hybridized carbons (Fsp3) is 0.185. The van der Waals surface area contributed by atoms with Gasteiger partial charge in [0.15, 0.2) is 0 Å². The summed E-state index contributed by atoms with van der Waals surface area (Å²) in [5.41, 5.74) is 5.23. The second-order valence-electron chi connectivity index (χ2n) is 8.10. The highest BCUT2D eigenvalue weighted by Crippen LogP contribution is 2.26. The second kappa shape index (κ2) is 9.42. The van der Waals surface area contributed by atoms with Crippen molar-refractivity contribution in [2.24, 2.45) is 0 Å². The third kappa shape index (κ3) is 4.68. The maximum atomic E-state index is 6.15. The Morgan fingerprint density at radius 3 is 2.58 bits per heavy atom. The molecule has 0 amide bonds. The molecule has 0 fully saturated rings. The van der Waals surface area contributed by atoms with Crippen LogP contribution in [0, 0.1) is 6.92 Å². The summed E-state index contributed by atoms with van der Waals surface area (Å²) in [6.45, 7) is 2.60. The number of aryl methyl sites for hydroxylation is 2. The van der Waals surface area contributed by atoms with E-state index in [0.717, 1.165) is 41.7 Å². The van der Waals surface area contributed by atoms with Crippen LogP contribution in [0.2, 0.25) is 10.0 Å². The molecule has 5 rings (SSSR count). The molecule has 6 heteroatoms. The van der Waals surface area contributed by atoms with E-state index in [1.165, 1.54) is 16.3 Å². The summed E-state index contributed by atoms with van der Waals surface area (Å²) in [6.07, 6.45) is 2.95. The first-order valence-electron chi connectivity index (χ1n) is 11.0. The number of fused-ring (bicyclic) bond motifs is 2. The van der Waals surface area contributed by atoms with Crippen molar-refractivity contribution in [2.45, 2.75) is 26.2 Å². The zero-order chi connectivity index (χ0) is 22.8. The molecule has 0 radical (unpaired) electrons. The van der Waals surface area contributed by atoms with Crippen molar-refractivity contribution in [2.75, 3.05) is 6.61 Å². The molecule has 0 N–H and O–H groups in total. The van der Waals surface area contributed by atoms with Crippen molar-refractivity contribution < 1.29 is 4.74 Å². The third-order valence-corrected chi connectivity index (χ3v) is 6.49. The van der Waals surface area contributed by atoms with Gasteiger partial charge in [-0.25, -0.2) is 9.67 Å². The van der Waals surface area contributed by atoms with Crippen LogP contribution in [0.5, 0.6) is 5.88 Å². The summed E-state index contributed by atoms with van der Waals surface area (Å²) in [6, 6.07) is 24.3. The summed E-state index contributed by atoms with van der Waals surface area (Å²) in [7, 11) is 0. The Labute approximate surface area is 202 Å². The Kier molecular flexibility index (Phi) is 6.21. The molecule has 0 aliphatic rings. The lowest BCUT2D eigenvalue weighted by atomic mass is 10.0. The van der Waals surface area contributed by atoms with E-state index in [9.17, 15) is 0 Å². The Hall–Kier alpha value is -3.08. The van der Waals surface area contributed by atoms with Crippen LogP contribution in [0.4, 0.5) is 0 Å². The molecular formula is C27H23Cl2N3O. The first-order valence-corrected chi connectivity index (χ1v) is 11.8. The smallest absolute Gasteiger partial charge is 0.233 e. The molecule has 0 aliphatic carbocycles. The van der Waals surface area contributed by atoms with Gasteiger partial charge in [-0.2, -0.15) is 0 Å². The fourth-order valence-electron chi connectivity index (χ4n) is 4.07. The lowest BCUT2D eigenvalue weighted by Crippen LogP contribution is -2.01. The number of pyridine rings is 1. The summed E-state index contributed by atoms with van der Waals surface area (Å²) in [5.74, 6) is 0.611. The molecule has 33 heavy (non-hydrogen) atoms. The predicted molar refractivity (Wildman–Crippen MR) is 136 cm³/mol. The van der Waals surface area contributed by atoms with Crippen molar-refractivity contribution in [3.63, 3.8) is 0 Å². The van der Waals surface area contributed by atoms with E-state index in [-0.39, 0.29) is 0 Å². The van der Waals surface area contributed by atoms with Gasteiger partial charge in [0.05, 0.1) is 33.4 Å². The molecule has 166 valence electrons. The molecule has 0 saturated carbocycles. The van der Waals surface area contributed by atoms with Crippen LogP contribution in [-0.4, -0.2) is 21.4 Å². The van der Waals surface area contributed by atoms with E-state index < -0.39 is 0 Å². The van der Waals surface area contributed by atoms with Gasteiger partial charge < -0.3 is 4.74 Å². The molecule has 3 aromatic carbocycles. The summed E-state index contributed by atoms with van der Waals surface area (Å²) in [4.78, 5) is 4.82. The van der Waals surface area contributed by atoms with E-state index in [2.05, 4.69) is 47.6 Å². The van der Waals surface area contributed by atoms with Gasteiger partial charge in [-0.15, -0.1) is 5.10 Å². The maximum Gasteiger partial charge on any atom is 0.233 e. The van der Waals surface area contributed by atoms with Crippen molar-refractivity contribution in [3.05, 3.63) is 94.1 Å². The number of unbranched alkanes of at least 4 members (excludes halogenated alkanes) is 1. The van der Waals surface area contributed by atoms with Crippen LogP contribution in [0.1, 0.15) is 24.1 Å². The number of ether oxygens (including phenoxy) is 1. The topological polar surface area (TPSA) is 39.9 Å². The zero-order valence-electron chi connectivity index (χ0n) is 18.3. The zero-order valence-corrected chi connectivity index (χ0v) is 19.8. The second-order valence-corrected chi connectivity index (χ2v) is 8.92. The standard InChI is InChI=1S/C27H23Cl2N3O/c1-18-15-27(31-32(18)21-12-13-23(28)24(29)17-21)33-14-5-4-7-19-9-6-11-26-22(19)16-20-8-2-3-10-25(20)30-26/h2-3,6,8-13,15-17H,4-5,7,14H2,1H3. The molecule has 2 heterocycles. The van der Waals surface area contributed by atoms with E-state index in [1.807, 2.05) is 29.8 Å². The van der Waals surface area contributed by atoms with Gasteiger partial charge >= 0.3 is 0 Å². The fourth-order valence-corrected chi connectivity index (χ4v) is 4.36. The van der Waals surface area contributed by atoms with Gasteiger partial charge in [-0.05, 0) is 68.1 Å². The number of nitrogens with zero attached hydrogens (tertiary/aromatic N) is 3. The molecule has 0 spiro atoms. The minimum absolute atomic E-state index is 0.503. The molecule has 4 nitrogen and oxygen atoms in total. The Balaban J connectivity index is 1.20. The number of aromatic nitrogens is 3. The van der Waals surface area contributed by atoms with Crippen LogP contribution < -0.4 is 4.74 Å². The summed E-state index contributed by atoms with van der Waals surface area (Å²) < 4.78 is 7.73. The predicted octanol–water partition coefficient (Wildman–Crippen LogP) is 7.59. The SMILES string of the molecule is Cc1cc(OCCCCc2cccc3nc4ccccc4cc23)nn1-c1ccc(Cl)c(Cl)c1. The van der Waals surface area contributed by atoms with Gasteiger partial charge in [0.2, 0.25) is 5.88 Å². The van der Waals surface area contributed by atoms with Gasteiger partial charge in [0.25, 0.3) is 0 Å². The van der Waals surface area contributed by atoms with Crippen LogP contribution in [0.15, 0.2) is 72.8 Å². The molecule has 0 atom stereocenters. The molecule has 5 aromatic rings. The molecule has 0 aliphatic heterocycles. The van der Waals surface area contributed by atoms with Crippen LogP contribution in [0.3, 0.4) is 0 Å². The highest BCUT2D eigenvalue weighted by atomic mass is 35.5. The summed E-state index contributed by atoms with van der Waals surface area (Å²) >= 11 is 12.2. The summed E-state index contributed by atoms with van der Waals surface area (Å²) in [5, 5.41) is 7.99. The molecule has 2 aromatic heterocycles. The van der Waals surface area contributed by atoms with Crippen LogP contribution in [0.25, 0.3) is 27.5 Å². The van der Waals surface area contributed by atoms with Crippen molar-refractivity contribution in [1.29, 1.82) is 0 Å². The normalized spacial score (nSPS) is 11.4. The Bertz CT molecular complexity index is 1440. The van der Waals surface area contributed by atoms with Crippen LogP contribution >= 0.6 is 23.2 Å². The lowest BCUT2D eigenvalue weighted by Gasteiger charge is -2.08. The van der Waals surface area contributed by atoms with Crippen LogP contribution in [-0.2, 0) is 6.42 Å². The van der Waals surface area contributed by atoms with Gasteiger partial charge in [-0.3, -0.25) is 0 Å². The minimum Gasteiger partial charge on any atom is -0.477 e. The van der Waals surface area contributed by atoms with Crippen molar-refractivity contribution in [3.8, 4) is 11.6 Å². The maximum absolute atomic E-state index is 6.15. The number of halogens is 2. The quantitative estimate of drug-likeness (QED) is 0.179. The monoisotopic (exact) mass is 475 g/mol. The van der Waals surface area contributed by atoms with Gasteiger partial charge in [-0.1, -0.05) is 53.5 Å².